The van der Waals surface area contributed by atoms with Gasteiger partial charge in [0, 0.05) is 5.54 Å². The van der Waals surface area contributed by atoms with Crippen LogP contribution in [0.15, 0.2) is 10.9 Å². The second kappa shape index (κ2) is 3.63. The first kappa shape index (κ1) is 11.7. The van der Waals surface area contributed by atoms with E-state index < -0.39 is 11.0 Å². The Labute approximate surface area is 98.8 Å². The maximum atomic E-state index is 6.11. The molecule has 17 heavy (non-hydrogen) atoms. The Kier molecular flexibility index (Phi) is 2.50. The number of aromatic amines is 1. The summed E-state index contributed by atoms with van der Waals surface area (Å²) in [5, 5.41) is 10.3. The molecule has 0 unspecified atom stereocenters. The lowest BCUT2D eigenvalue weighted by Crippen LogP contribution is -2.50. The molecule has 0 aliphatic rings. The topological polar surface area (TPSA) is 107 Å². The van der Waals surface area contributed by atoms with Gasteiger partial charge in [0.1, 0.15) is 6.33 Å². The quantitative estimate of drug-likeness (QED) is 0.818. The molecule has 0 spiro atoms. The number of rotatable bonds is 3. The average Bonchev–Trinajstić information content (AvgIpc) is 2.87. The van der Waals surface area contributed by atoms with E-state index in [9.17, 15) is 0 Å². The molecule has 0 saturated heterocycles. The average molecular weight is 236 g/mol. The summed E-state index contributed by atoms with van der Waals surface area (Å²) in [7, 11) is 0. The van der Waals surface area contributed by atoms with Crippen molar-refractivity contribution in [3.63, 3.8) is 0 Å². The molecule has 0 amide bonds. The van der Waals surface area contributed by atoms with Crippen LogP contribution in [0.4, 0.5) is 0 Å². The number of nitrogens with two attached hydrogens (primary N) is 1. The van der Waals surface area contributed by atoms with E-state index in [-0.39, 0.29) is 0 Å². The minimum absolute atomic E-state index is 0.384. The molecule has 0 aliphatic heterocycles. The zero-order valence-electron chi connectivity index (χ0n) is 10.4. The van der Waals surface area contributed by atoms with Crippen LogP contribution in [0.2, 0.25) is 0 Å². The third kappa shape index (κ3) is 1.93. The molecule has 2 aromatic rings. The van der Waals surface area contributed by atoms with Crippen molar-refractivity contribution >= 4 is 0 Å². The van der Waals surface area contributed by atoms with E-state index in [0.717, 1.165) is 0 Å². The molecule has 92 valence electrons. The summed E-state index contributed by atoms with van der Waals surface area (Å²) in [6, 6.07) is 0. The van der Waals surface area contributed by atoms with Crippen LogP contribution < -0.4 is 5.73 Å². The molecule has 0 aliphatic carbocycles. The smallest absolute Gasteiger partial charge is 0.239 e. The largest absolute Gasteiger partial charge is 0.338 e. The van der Waals surface area contributed by atoms with Gasteiger partial charge in [0.05, 0.1) is 5.41 Å². The number of H-pyrrole nitrogens is 1. The zero-order chi connectivity index (χ0) is 12.7. The Morgan fingerprint density at radius 1 is 1.29 bits per heavy atom. The molecule has 0 bridgehead atoms. The minimum atomic E-state index is -0.474. The van der Waals surface area contributed by atoms with Gasteiger partial charge in [0.2, 0.25) is 11.7 Å². The molecule has 0 fully saturated rings. The van der Waals surface area contributed by atoms with Gasteiger partial charge in [0.15, 0.2) is 5.82 Å². The van der Waals surface area contributed by atoms with Gasteiger partial charge < -0.3 is 10.3 Å². The molecule has 0 aromatic carbocycles. The Morgan fingerprint density at radius 2 is 2.00 bits per heavy atom. The maximum absolute atomic E-state index is 6.11. The molecule has 7 nitrogen and oxygen atoms in total. The molecular weight excluding hydrogens is 220 g/mol. The Balaban J connectivity index is 2.37. The zero-order valence-corrected chi connectivity index (χ0v) is 10.4. The van der Waals surface area contributed by atoms with Crippen molar-refractivity contribution in [2.24, 2.45) is 5.73 Å². The van der Waals surface area contributed by atoms with Crippen LogP contribution in [0.3, 0.4) is 0 Å². The first-order valence-corrected chi connectivity index (χ1v) is 5.31. The van der Waals surface area contributed by atoms with E-state index in [1.165, 1.54) is 6.33 Å². The van der Waals surface area contributed by atoms with E-state index in [1.807, 2.05) is 27.7 Å². The van der Waals surface area contributed by atoms with Crippen molar-refractivity contribution in [2.45, 2.75) is 38.6 Å². The van der Waals surface area contributed by atoms with Gasteiger partial charge >= 0.3 is 0 Å². The van der Waals surface area contributed by atoms with Crippen molar-refractivity contribution < 1.29 is 4.52 Å². The summed E-state index contributed by atoms with van der Waals surface area (Å²) < 4.78 is 5.25. The lowest BCUT2D eigenvalue weighted by Gasteiger charge is -2.34. The molecule has 7 heteroatoms. The van der Waals surface area contributed by atoms with Crippen LogP contribution in [-0.2, 0) is 5.41 Å². The van der Waals surface area contributed by atoms with Crippen molar-refractivity contribution in [1.82, 2.24) is 25.3 Å². The van der Waals surface area contributed by atoms with E-state index >= 15 is 0 Å². The Hall–Kier alpha value is -1.76. The number of aromatic nitrogens is 5. The fraction of sp³-hybridized carbons (Fsp3) is 0.600. The molecule has 0 atom stereocenters. The fourth-order valence-electron chi connectivity index (χ4n) is 1.16. The van der Waals surface area contributed by atoms with Crippen molar-refractivity contribution in [2.75, 3.05) is 0 Å². The predicted molar refractivity (Wildman–Crippen MR) is 61.0 cm³/mol. The molecule has 2 heterocycles. The lowest BCUT2D eigenvalue weighted by atomic mass is 9.75. The standard InChI is InChI=1S/C10H16N6O/c1-9(2,10(3,4)11)8-14-7(16-17-8)6-12-5-13-15-6/h5H,11H2,1-4H3,(H,12,13,15). The van der Waals surface area contributed by atoms with Crippen molar-refractivity contribution in [3.05, 3.63) is 12.2 Å². The Morgan fingerprint density at radius 3 is 2.53 bits per heavy atom. The fourth-order valence-corrected chi connectivity index (χ4v) is 1.16. The lowest BCUT2D eigenvalue weighted by molar-refractivity contribution is 0.223. The van der Waals surface area contributed by atoms with E-state index in [1.54, 1.807) is 0 Å². The van der Waals surface area contributed by atoms with Crippen molar-refractivity contribution in [1.29, 1.82) is 0 Å². The number of nitrogens with zero attached hydrogens (tertiary/aromatic N) is 4. The second-order valence-corrected chi connectivity index (χ2v) is 5.10. The molecule has 2 rings (SSSR count). The van der Waals surface area contributed by atoms with Crippen LogP contribution in [0, 0.1) is 0 Å². The monoisotopic (exact) mass is 236 g/mol. The highest BCUT2D eigenvalue weighted by Gasteiger charge is 2.40. The highest BCUT2D eigenvalue weighted by atomic mass is 16.5. The third-order valence-electron chi connectivity index (χ3n) is 3.20. The number of nitrogens with one attached hydrogen (secondary N) is 1. The van der Waals surface area contributed by atoms with Crippen LogP contribution in [0.25, 0.3) is 11.6 Å². The summed E-state index contributed by atoms with van der Waals surface area (Å²) in [5.74, 6) is 1.34. The van der Waals surface area contributed by atoms with E-state index in [2.05, 4.69) is 25.3 Å². The first-order chi connectivity index (χ1) is 7.82. The summed E-state index contributed by atoms with van der Waals surface area (Å²) in [5.41, 5.74) is 5.20. The summed E-state index contributed by atoms with van der Waals surface area (Å²) in [4.78, 5) is 8.26. The molecule has 2 aromatic heterocycles. The highest BCUT2D eigenvalue weighted by Crippen LogP contribution is 2.32. The van der Waals surface area contributed by atoms with Crippen LogP contribution in [0.5, 0.6) is 0 Å². The van der Waals surface area contributed by atoms with Gasteiger partial charge in [-0.05, 0) is 27.7 Å². The van der Waals surface area contributed by atoms with Gasteiger partial charge in [-0.25, -0.2) is 4.98 Å². The second-order valence-electron chi connectivity index (χ2n) is 5.10. The molecule has 3 N–H and O–H groups in total. The van der Waals surface area contributed by atoms with Gasteiger partial charge in [-0.3, -0.25) is 5.10 Å². The summed E-state index contributed by atoms with van der Waals surface area (Å²) in [6.45, 7) is 7.77. The van der Waals surface area contributed by atoms with Gasteiger partial charge in [-0.2, -0.15) is 10.1 Å². The van der Waals surface area contributed by atoms with Crippen LogP contribution in [0.1, 0.15) is 33.6 Å². The normalized spacial score (nSPS) is 13.0. The van der Waals surface area contributed by atoms with Crippen molar-refractivity contribution in [3.8, 4) is 11.6 Å². The third-order valence-corrected chi connectivity index (χ3v) is 3.20. The van der Waals surface area contributed by atoms with Gasteiger partial charge in [-0.15, -0.1) is 0 Å². The van der Waals surface area contributed by atoms with Gasteiger partial charge in [-0.1, -0.05) is 5.16 Å². The van der Waals surface area contributed by atoms with Crippen LogP contribution >= 0.6 is 0 Å². The van der Waals surface area contributed by atoms with E-state index in [0.29, 0.717) is 17.5 Å². The SMILES string of the molecule is CC(C)(N)C(C)(C)c1nc(-c2ncn[nH]2)no1. The summed E-state index contributed by atoms with van der Waals surface area (Å²) in [6.07, 6.45) is 1.39. The number of hydrogen-bond acceptors (Lipinski definition) is 6. The Bertz CT molecular complexity index is 493. The number of hydrogen-bond donors (Lipinski definition) is 2. The van der Waals surface area contributed by atoms with E-state index in [4.69, 9.17) is 10.3 Å². The summed E-state index contributed by atoms with van der Waals surface area (Å²) >= 11 is 0. The molecule has 0 radical (unpaired) electrons. The minimum Gasteiger partial charge on any atom is -0.338 e. The highest BCUT2D eigenvalue weighted by molar-refractivity contribution is 5.40. The molecule has 0 saturated carbocycles. The molecular formula is C10H16N6O. The van der Waals surface area contributed by atoms with Crippen LogP contribution in [-0.4, -0.2) is 30.9 Å². The first-order valence-electron chi connectivity index (χ1n) is 5.31. The van der Waals surface area contributed by atoms with Gasteiger partial charge in [0.25, 0.3) is 0 Å². The maximum Gasteiger partial charge on any atom is 0.239 e. The predicted octanol–water partition coefficient (Wildman–Crippen LogP) is 0.870.